The molecule has 4 aliphatic heterocycles. The van der Waals surface area contributed by atoms with Crippen molar-refractivity contribution in [2.24, 2.45) is 14.1 Å². The maximum atomic E-state index is 13.2. The molecule has 4 aliphatic rings. The normalized spacial score (nSPS) is 19.2. The van der Waals surface area contributed by atoms with Crippen LogP contribution in [0.4, 0.5) is 34.4 Å². The minimum atomic E-state index is -0.179. The quantitative estimate of drug-likeness (QED) is 0.269. The van der Waals surface area contributed by atoms with Gasteiger partial charge in [0, 0.05) is 90.0 Å². The Morgan fingerprint density at radius 3 is 1.32 bits per heavy atom. The topological polar surface area (TPSA) is 125 Å². The first-order chi connectivity index (χ1) is 24.4. The molecule has 4 saturated heterocycles. The lowest BCUT2D eigenvalue weighted by Crippen LogP contribution is -2.56. The molecule has 0 radical (unpaired) electrons. The summed E-state index contributed by atoms with van der Waals surface area (Å²) in [6.45, 7) is 11.2. The van der Waals surface area contributed by atoms with Crippen LogP contribution >= 0.6 is 0 Å². The molecule has 0 amide bonds. The Kier molecular flexibility index (Phi) is 9.00. The number of aryl methyl sites for hydroxylation is 2. The van der Waals surface area contributed by atoms with Crippen LogP contribution in [0.25, 0.3) is 11.1 Å². The molecule has 14 heteroatoms. The van der Waals surface area contributed by atoms with Crippen LogP contribution in [0, 0.1) is 0 Å². The first-order valence-corrected chi connectivity index (χ1v) is 17.4. The van der Waals surface area contributed by atoms with Gasteiger partial charge in [0.2, 0.25) is 0 Å². The van der Waals surface area contributed by atoms with E-state index in [-0.39, 0.29) is 11.1 Å². The molecule has 2 N–H and O–H groups in total. The van der Waals surface area contributed by atoms with Gasteiger partial charge in [0.05, 0.1) is 62.3 Å². The number of piperazine rings is 2. The van der Waals surface area contributed by atoms with Crippen LogP contribution in [0.3, 0.4) is 0 Å². The molecule has 0 saturated carbocycles. The van der Waals surface area contributed by atoms with Gasteiger partial charge in [0.15, 0.2) is 0 Å². The van der Waals surface area contributed by atoms with Gasteiger partial charge < -0.3 is 39.0 Å². The largest absolute Gasteiger partial charge is 0.378 e. The first-order valence-electron chi connectivity index (χ1n) is 17.4. The summed E-state index contributed by atoms with van der Waals surface area (Å²) in [6, 6.07) is 12.6. The van der Waals surface area contributed by atoms with Crippen LogP contribution in [0.2, 0.25) is 0 Å². The summed E-state index contributed by atoms with van der Waals surface area (Å²) in [4.78, 5) is 45.3. The number of anilines is 6. The molecule has 50 heavy (non-hydrogen) atoms. The molecule has 8 rings (SSSR count). The highest BCUT2D eigenvalue weighted by atomic mass is 16.5. The van der Waals surface area contributed by atoms with Gasteiger partial charge in [-0.05, 0) is 36.4 Å². The maximum Gasteiger partial charge on any atom is 0.274 e. The van der Waals surface area contributed by atoms with Crippen molar-refractivity contribution in [2.75, 3.05) is 99.2 Å². The van der Waals surface area contributed by atoms with Crippen molar-refractivity contribution in [1.29, 1.82) is 0 Å². The highest BCUT2D eigenvalue weighted by Crippen LogP contribution is 2.26. The molecule has 0 bridgehead atoms. The van der Waals surface area contributed by atoms with E-state index in [1.807, 2.05) is 36.7 Å². The zero-order valence-corrected chi connectivity index (χ0v) is 28.6. The van der Waals surface area contributed by atoms with Crippen LogP contribution in [0.15, 0.2) is 70.8 Å². The van der Waals surface area contributed by atoms with Crippen LogP contribution in [-0.4, -0.2) is 120 Å². The summed E-state index contributed by atoms with van der Waals surface area (Å²) in [5, 5.41) is 6.45. The number of hydrogen-bond donors (Lipinski definition) is 2. The molecule has 4 aromatic heterocycles. The van der Waals surface area contributed by atoms with E-state index in [1.165, 1.54) is 9.13 Å². The predicted molar refractivity (Wildman–Crippen MR) is 194 cm³/mol. The Morgan fingerprint density at radius 2 is 1.00 bits per heavy atom. The third kappa shape index (κ3) is 6.71. The van der Waals surface area contributed by atoms with E-state index in [4.69, 9.17) is 9.47 Å². The van der Waals surface area contributed by atoms with E-state index in [9.17, 15) is 9.59 Å². The van der Waals surface area contributed by atoms with Gasteiger partial charge in [-0.15, -0.1) is 0 Å². The number of nitrogens with one attached hydrogen (secondary N) is 2. The lowest BCUT2D eigenvalue weighted by atomic mass is 10.1. The van der Waals surface area contributed by atoms with Crippen molar-refractivity contribution in [3.8, 4) is 11.1 Å². The zero-order chi connectivity index (χ0) is 34.2. The standard InChI is InChI=1S/C36H44N10O4/c1-41-19-25(15-31(35(41)47)39-33-5-3-27(17-37-33)43-7-11-45(12-8-43)29-21-49-22-29)26-16-32(36(48)42(2)20-26)40-34-6-4-28(18-38-34)44-9-13-46(14-10-44)30-23-50-24-30/h3-6,15-20,29-30H,7-14,21-24H2,1-2H3,(H,37,39)(H,38,40). The number of pyridine rings is 4. The van der Waals surface area contributed by atoms with Crippen molar-refractivity contribution < 1.29 is 9.47 Å². The molecule has 0 aliphatic carbocycles. The fourth-order valence-electron chi connectivity index (χ4n) is 7.05. The molecule has 4 fully saturated rings. The zero-order valence-electron chi connectivity index (χ0n) is 28.6. The highest BCUT2D eigenvalue weighted by Gasteiger charge is 2.30. The summed E-state index contributed by atoms with van der Waals surface area (Å²) in [7, 11) is 3.44. The highest BCUT2D eigenvalue weighted by molar-refractivity contribution is 5.72. The number of rotatable bonds is 9. The minimum absolute atomic E-state index is 0.179. The monoisotopic (exact) mass is 680 g/mol. The van der Waals surface area contributed by atoms with E-state index < -0.39 is 0 Å². The molecule has 0 spiro atoms. The van der Waals surface area contributed by atoms with Gasteiger partial charge in [-0.25, -0.2) is 9.97 Å². The molecular weight excluding hydrogens is 636 g/mol. The van der Waals surface area contributed by atoms with E-state index in [1.54, 1.807) is 38.6 Å². The summed E-state index contributed by atoms with van der Waals surface area (Å²) in [5.74, 6) is 1.17. The lowest BCUT2D eigenvalue weighted by molar-refractivity contribution is -0.0660. The fourth-order valence-corrected chi connectivity index (χ4v) is 7.05. The van der Waals surface area contributed by atoms with Crippen molar-refractivity contribution in [3.05, 3.63) is 81.9 Å². The number of aromatic nitrogens is 4. The van der Waals surface area contributed by atoms with Crippen LogP contribution < -0.4 is 31.6 Å². The Morgan fingerprint density at radius 1 is 0.600 bits per heavy atom. The van der Waals surface area contributed by atoms with E-state index >= 15 is 0 Å². The Bertz CT molecular complexity index is 1780. The van der Waals surface area contributed by atoms with Gasteiger partial charge >= 0.3 is 0 Å². The van der Waals surface area contributed by atoms with Crippen molar-refractivity contribution in [3.63, 3.8) is 0 Å². The van der Waals surface area contributed by atoms with Crippen LogP contribution in [0.1, 0.15) is 0 Å². The summed E-state index contributed by atoms with van der Waals surface area (Å²) < 4.78 is 13.8. The molecule has 0 aromatic carbocycles. The number of ether oxygens (including phenoxy) is 2. The predicted octanol–water partition coefficient (Wildman–Crippen LogP) is 2.07. The van der Waals surface area contributed by atoms with Crippen molar-refractivity contribution >= 4 is 34.4 Å². The lowest BCUT2D eigenvalue weighted by Gasteiger charge is -2.43. The summed E-state index contributed by atoms with van der Waals surface area (Å²) >= 11 is 0. The second-order valence-electron chi connectivity index (χ2n) is 13.6. The fraction of sp³-hybridized carbons (Fsp3) is 0.444. The Balaban J connectivity index is 0.945. The second kappa shape index (κ2) is 13.9. The third-order valence-electron chi connectivity index (χ3n) is 10.4. The van der Waals surface area contributed by atoms with Gasteiger partial charge in [-0.1, -0.05) is 0 Å². The Hall–Kier alpha value is -4.76. The smallest absolute Gasteiger partial charge is 0.274 e. The summed E-state index contributed by atoms with van der Waals surface area (Å²) in [5.41, 5.74) is 4.10. The second-order valence-corrected chi connectivity index (χ2v) is 13.6. The molecule has 0 unspecified atom stereocenters. The summed E-state index contributed by atoms with van der Waals surface area (Å²) in [6.07, 6.45) is 7.26. The van der Waals surface area contributed by atoms with Gasteiger partial charge in [0.1, 0.15) is 23.0 Å². The van der Waals surface area contributed by atoms with Crippen LogP contribution in [0.5, 0.6) is 0 Å². The molecule has 14 nitrogen and oxygen atoms in total. The first kappa shape index (κ1) is 32.4. The van der Waals surface area contributed by atoms with Crippen molar-refractivity contribution in [2.45, 2.75) is 12.1 Å². The van der Waals surface area contributed by atoms with Crippen molar-refractivity contribution in [1.82, 2.24) is 28.9 Å². The average molecular weight is 681 g/mol. The molecule has 8 heterocycles. The Labute approximate surface area is 290 Å². The molecular formula is C36H44N10O4. The average Bonchev–Trinajstić information content (AvgIpc) is 3.08. The maximum absolute atomic E-state index is 13.2. The van der Waals surface area contributed by atoms with Gasteiger partial charge in [0.25, 0.3) is 11.1 Å². The number of nitrogens with zero attached hydrogens (tertiary/aromatic N) is 8. The molecule has 4 aromatic rings. The molecule has 262 valence electrons. The molecule has 0 atom stereocenters. The van der Waals surface area contributed by atoms with E-state index in [0.717, 1.165) is 101 Å². The number of hydrogen-bond acceptors (Lipinski definition) is 12. The third-order valence-corrected chi connectivity index (χ3v) is 10.4. The van der Waals surface area contributed by atoms with Gasteiger partial charge in [-0.3, -0.25) is 19.4 Å². The minimum Gasteiger partial charge on any atom is -0.378 e. The van der Waals surface area contributed by atoms with Gasteiger partial charge in [-0.2, -0.15) is 0 Å². The van der Waals surface area contributed by atoms with Crippen LogP contribution in [-0.2, 0) is 23.6 Å². The van der Waals surface area contributed by atoms with E-state index in [0.29, 0.717) is 35.1 Å². The SMILES string of the molecule is Cn1cc(-c2cc(Nc3ccc(N4CCN(C5COC5)CC4)cn3)c(=O)n(C)c2)cc(Nc2ccc(N3CCN(C4COC4)CC3)cn2)c1=O. The van der Waals surface area contributed by atoms with E-state index in [2.05, 4.69) is 40.2 Å².